The van der Waals surface area contributed by atoms with Gasteiger partial charge in [0.25, 0.3) is 0 Å². The third kappa shape index (κ3) is 9.02. The molecule has 0 aromatic rings. The Hall–Kier alpha value is -1.06. The summed E-state index contributed by atoms with van der Waals surface area (Å²) in [5.74, 6) is -1.07. The summed E-state index contributed by atoms with van der Waals surface area (Å²) in [5, 5.41) is 11.5. The van der Waals surface area contributed by atoms with Gasteiger partial charge in [-0.1, -0.05) is 52.4 Å². The fraction of sp³-hybridized carbons (Fsp3) is 0.857. The summed E-state index contributed by atoms with van der Waals surface area (Å²) in [6.07, 6.45) is 8.48. The summed E-state index contributed by atoms with van der Waals surface area (Å²) < 4.78 is 0. The van der Waals surface area contributed by atoms with E-state index in [0.29, 0.717) is 12.8 Å². The molecule has 0 rings (SSSR count). The molecular weight excluding hydrogens is 230 g/mol. The first-order valence-electron chi connectivity index (χ1n) is 7.14. The minimum Gasteiger partial charge on any atom is -0.480 e. The van der Waals surface area contributed by atoms with E-state index < -0.39 is 12.0 Å². The minimum atomic E-state index is -0.937. The van der Waals surface area contributed by atoms with E-state index in [1.165, 1.54) is 25.7 Å². The van der Waals surface area contributed by atoms with Gasteiger partial charge in [0.15, 0.2) is 0 Å². The van der Waals surface area contributed by atoms with Crippen LogP contribution < -0.4 is 5.32 Å². The van der Waals surface area contributed by atoms with Crippen molar-refractivity contribution < 1.29 is 14.7 Å². The second-order valence-corrected chi connectivity index (χ2v) is 4.76. The third-order valence-corrected chi connectivity index (χ3v) is 2.97. The van der Waals surface area contributed by atoms with E-state index in [1.54, 1.807) is 0 Å². The van der Waals surface area contributed by atoms with Gasteiger partial charge in [0.1, 0.15) is 6.04 Å². The topological polar surface area (TPSA) is 66.4 Å². The van der Waals surface area contributed by atoms with Crippen molar-refractivity contribution in [3.8, 4) is 0 Å². The van der Waals surface area contributed by atoms with Gasteiger partial charge in [0.05, 0.1) is 0 Å². The van der Waals surface area contributed by atoms with Crippen molar-refractivity contribution in [3.05, 3.63) is 0 Å². The van der Waals surface area contributed by atoms with Crippen LogP contribution in [0.1, 0.15) is 71.6 Å². The van der Waals surface area contributed by atoms with Crippen molar-refractivity contribution in [2.75, 3.05) is 0 Å². The zero-order valence-corrected chi connectivity index (χ0v) is 11.7. The third-order valence-electron chi connectivity index (χ3n) is 2.97. The smallest absolute Gasteiger partial charge is 0.326 e. The number of nitrogens with one attached hydrogen (secondary N) is 1. The van der Waals surface area contributed by atoms with Gasteiger partial charge in [-0.15, -0.1) is 0 Å². The number of carbonyl (C=O) groups is 2. The Balaban J connectivity index is 3.65. The van der Waals surface area contributed by atoms with E-state index in [-0.39, 0.29) is 5.91 Å². The van der Waals surface area contributed by atoms with Gasteiger partial charge in [-0.25, -0.2) is 4.79 Å². The van der Waals surface area contributed by atoms with Crippen LogP contribution in [-0.2, 0) is 9.59 Å². The predicted molar refractivity (Wildman–Crippen MR) is 72.5 cm³/mol. The zero-order valence-electron chi connectivity index (χ0n) is 11.7. The second kappa shape index (κ2) is 11.1. The highest BCUT2D eigenvalue weighted by molar-refractivity contribution is 5.83. The van der Waals surface area contributed by atoms with E-state index >= 15 is 0 Å². The molecule has 0 saturated carbocycles. The van der Waals surface area contributed by atoms with Crippen LogP contribution in [0.15, 0.2) is 0 Å². The average molecular weight is 257 g/mol. The number of aliphatic carboxylic acids is 1. The van der Waals surface area contributed by atoms with E-state index in [0.717, 1.165) is 19.3 Å². The molecule has 4 heteroatoms. The van der Waals surface area contributed by atoms with Crippen molar-refractivity contribution in [1.29, 1.82) is 0 Å². The summed E-state index contributed by atoms with van der Waals surface area (Å²) in [6, 6.07) is -0.720. The Morgan fingerprint density at radius 2 is 1.61 bits per heavy atom. The van der Waals surface area contributed by atoms with Crippen molar-refractivity contribution in [1.82, 2.24) is 5.32 Å². The highest BCUT2D eigenvalue weighted by Gasteiger charge is 2.17. The van der Waals surface area contributed by atoms with E-state index in [9.17, 15) is 9.59 Å². The molecular formula is C14H27NO3. The van der Waals surface area contributed by atoms with Gasteiger partial charge < -0.3 is 10.4 Å². The van der Waals surface area contributed by atoms with Crippen molar-refractivity contribution in [2.24, 2.45) is 0 Å². The normalized spacial score (nSPS) is 12.1. The number of hydrogen-bond donors (Lipinski definition) is 2. The van der Waals surface area contributed by atoms with Crippen LogP contribution in [0.3, 0.4) is 0 Å². The number of hydrogen-bond acceptors (Lipinski definition) is 2. The predicted octanol–water partition coefficient (Wildman–Crippen LogP) is 3.11. The lowest BCUT2D eigenvalue weighted by Gasteiger charge is -2.13. The van der Waals surface area contributed by atoms with Crippen LogP contribution >= 0.6 is 0 Å². The molecule has 0 aliphatic carbocycles. The summed E-state index contributed by atoms with van der Waals surface area (Å²) >= 11 is 0. The van der Waals surface area contributed by atoms with Crippen molar-refractivity contribution in [2.45, 2.75) is 77.7 Å². The van der Waals surface area contributed by atoms with Crippen LogP contribution in [0.4, 0.5) is 0 Å². The number of carboxylic acid groups (broad SMARTS) is 1. The number of amides is 1. The maximum atomic E-state index is 11.5. The Bertz CT molecular complexity index is 241. The number of unbranched alkanes of at least 4 members (excludes halogenated alkanes) is 5. The monoisotopic (exact) mass is 257 g/mol. The molecule has 0 saturated heterocycles. The molecule has 0 fully saturated rings. The minimum absolute atomic E-state index is 0.133. The van der Waals surface area contributed by atoms with Crippen molar-refractivity contribution >= 4 is 11.9 Å². The number of rotatable bonds is 11. The molecule has 0 bridgehead atoms. The Kier molecular flexibility index (Phi) is 10.4. The maximum Gasteiger partial charge on any atom is 0.326 e. The summed E-state index contributed by atoms with van der Waals surface area (Å²) in [6.45, 7) is 4.09. The maximum absolute atomic E-state index is 11.5. The molecule has 0 unspecified atom stereocenters. The summed E-state index contributed by atoms with van der Waals surface area (Å²) in [5.41, 5.74) is 0. The fourth-order valence-corrected chi connectivity index (χ4v) is 1.88. The zero-order chi connectivity index (χ0) is 13.8. The van der Waals surface area contributed by atoms with Gasteiger partial charge in [0, 0.05) is 6.42 Å². The van der Waals surface area contributed by atoms with Crippen molar-refractivity contribution in [3.63, 3.8) is 0 Å². The van der Waals surface area contributed by atoms with Gasteiger partial charge in [0.2, 0.25) is 5.91 Å². The largest absolute Gasteiger partial charge is 0.480 e. The summed E-state index contributed by atoms with van der Waals surface area (Å²) in [4.78, 5) is 22.4. The van der Waals surface area contributed by atoms with Crippen LogP contribution in [0, 0.1) is 0 Å². The number of carbonyl (C=O) groups excluding carboxylic acids is 1. The molecule has 0 radical (unpaired) electrons. The molecule has 1 amide bonds. The van der Waals surface area contributed by atoms with Gasteiger partial charge in [-0.05, 0) is 12.8 Å². The molecule has 4 nitrogen and oxygen atoms in total. The van der Waals surface area contributed by atoms with Gasteiger partial charge in [-0.3, -0.25) is 4.79 Å². The Morgan fingerprint density at radius 1 is 1.00 bits per heavy atom. The standard InChI is InChI=1S/C14H27NO3/c1-3-5-6-7-8-9-11-13(16)15-12(10-4-2)14(17)18/h12H,3-11H2,1-2H3,(H,15,16)(H,17,18)/t12-/m0/s1. The number of carboxylic acids is 1. The summed E-state index contributed by atoms with van der Waals surface area (Å²) in [7, 11) is 0. The first-order valence-corrected chi connectivity index (χ1v) is 7.14. The molecule has 0 aromatic carbocycles. The highest BCUT2D eigenvalue weighted by atomic mass is 16.4. The molecule has 2 N–H and O–H groups in total. The van der Waals surface area contributed by atoms with Gasteiger partial charge >= 0.3 is 5.97 Å². The highest BCUT2D eigenvalue weighted by Crippen LogP contribution is 2.07. The Labute approximate surface area is 110 Å². The Morgan fingerprint density at radius 3 is 2.17 bits per heavy atom. The molecule has 0 aliphatic rings. The molecule has 18 heavy (non-hydrogen) atoms. The lowest BCUT2D eigenvalue weighted by atomic mass is 10.1. The first kappa shape index (κ1) is 16.9. The van der Waals surface area contributed by atoms with Crippen LogP contribution in [0.5, 0.6) is 0 Å². The fourth-order valence-electron chi connectivity index (χ4n) is 1.88. The van der Waals surface area contributed by atoms with E-state index in [2.05, 4.69) is 12.2 Å². The molecule has 106 valence electrons. The van der Waals surface area contributed by atoms with Gasteiger partial charge in [-0.2, -0.15) is 0 Å². The lowest BCUT2D eigenvalue weighted by Crippen LogP contribution is -2.40. The first-order chi connectivity index (χ1) is 8.61. The molecule has 0 heterocycles. The van der Waals surface area contributed by atoms with Crippen LogP contribution in [0.2, 0.25) is 0 Å². The molecule has 0 spiro atoms. The van der Waals surface area contributed by atoms with E-state index in [1.807, 2.05) is 6.92 Å². The van der Waals surface area contributed by atoms with Crippen LogP contribution in [0.25, 0.3) is 0 Å². The second-order valence-electron chi connectivity index (χ2n) is 4.76. The lowest BCUT2D eigenvalue weighted by molar-refractivity contribution is -0.142. The molecule has 1 atom stereocenters. The molecule has 0 aromatic heterocycles. The SMILES string of the molecule is CCCCCCCCC(=O)N[C@@H](CCC)C(=O)O. The van der Waals surface area contributed by atoms with Crippen LogP contribution in [-0.4, -0.2) is 23.0 Å². The average Bonchev–Trinajstić information content (AvgIpc) is 2.33. The van der Waals surface area contributed by atoms with E-state index in [4.69, 9.17) is 5.11 Å². The molecule has 0 aliphatic heterocycles. The quantitative estimate of drug-likeness (QED) is 0.559.